The first kappa shape index (κ1) is 26.0. The van der Waals surface area contributed by atoms with E-state index in [-0.39, 0.29) is 23.6 Å². The topological polar surface area (TPSA) is 93.7 Å². The van der Waals surface area contributed by atoms with Gasteiger partial charge in [-0.1, -0.05) is 19.8 Å². The van der Waals surface area contributed by atoms with Crippen molar-refractivity contribution in [2.24, 2.45) is 0 Å². The summed E-state index contributed by atoms with van der Waals surface area (Å²) in [6, 6.07) is 0. The van der Waals surface area contributed by atoms with Gasteiger partial charge >= 0.3 is 23.8 Å². The first-order valence-corrected chi connectivity index (χ1v) is 11.5. The number of unbranched alkanes of at least 4 members (excludes halogenated alkanes) is 1. The van der Waals surface area contributed by atoms with Gasteiger partial charge in [0.25, 0.3) is 0 Å². The molecule has 2 rings (SSSR count). The Hall–Kier alpha value is -2.30. The van der Waals surface area contributed by atoms with Crippen molar-refractivity contribution in [2.45, 2.75) is 77.1 Å². The summed E-state index contributed by atoms with van der Waals surface area (Å²) in [7, 11) is 1.14. The molecule has 7 nitrogen and oxygen atoms in total. The zero-order valence-corrected chi connectivity index (χ0v) is 19.3. The van der Waals surface area contributed by atoms with E-state index in [0.717, 1.165) is 42.6 Å². The molecule has 0 aromatic carbocycles. The van der Waals surface area contributed by atoms with E-state index in [9.17, 15) is 27.6 Å². The Morgan fingerprint density at radius 1 is 1.09 bits per heavy atom. The van der Waals surface area contributed by atoms with Crippen LogP contribution in [0.15, 0.2) is 0 Å². The van der Waals surface area contributed by atoms with E-state index in [4.69, 9.17) is 9.47 Å². The van der Waals surface area contributed by atoms with Crippen LogP contribution in [0.1, 0.15) is 73.2 Å². The minimum Gasteiger partial charge on any atom is -0.465 e. The van der Waals surface area contributed by atoms with Crippen LogP contribution in [0.3, 0.4) is 0 Å². The maximum absolute atomic E-state index is 14.4. The van der Waals surface area contributed by atoms with Crippen LogP contribution in [0.5, 0.6) is 0 Å². The molecule has 0 aliphatic heterocycles. The highest BCUT2D eigenvalue weighted by Gasteiger charge is 2.64. The number of thiophene rings is 1. The number of aryl methyl sites for hydroxylation is 1. The second kappa shape index (κ2) is 11.0. The van der Waals surface area contributed by atoms with Crippen LogP contribution in [-0.4, -0.2) is 43.4 Å². The molecule has 180 valence electrons. The van der Waals surface area contributed by atoms with Gasteiger partial charge in [0.1, 0.15) is 5.00 Å². The van der Waals surface area contributed by atoms with Crippen molar-refractivity contribution in [2.75, 3.05) is 19.0 Å². The number of carbonyl (C=O) groups is 3. The summed E-state index contributed by atoms with van der Waals surface area (Å²) in [6.07, 6.45) is -0.838. The van der Waals surface area contributed by atoms with E-state index >= 15 is 0 Å². The highest BCUT2D eigenvalue weighted by molar-refractivity contribution is 7.16. The second-order valence-corrected chi connectivity index (χ2v) is 8.61. The number of hydrogen-bond donors (Lipinski definition) is 2. The van der Waals surface area contributed by atoms with Gasteiger partial charge in [-0.05, 0) is 44.6 Å². The number of fused-ring (bicyclic) bond motifs is 1. The molecule has 0 bridgehead atoms. The van der Waals surface area contributed by atoms with Crippen molar-refractivity contribution in [3.05, 3.63) is 16.0 Å². The first-order chi connectivity index (χ1) is 15.1. The predicted molar refractivity (Wildman–Crippen MR) is 114 cm³/mol. The van der Waals surface area contributed by atoms with Gasteiger partial charge in [-0.3, -0.25) is 4.79 Å². The lowest BCUT2D eigenvalue weighted by atomic mass is 10.0. The summed E-state index contributed by atoms with van der Waals surface area (Å²) < 4.78 is 52.7. The zero-order chi connectivity index (χ0) is 23.9. The number of amides is 1. The highest BCUT2D eigenvalue weighted by Crippen LogP contribution is 2.42. The number of alkyl halides is 3. The molecule has 0 radical (unpaired) electrons. The Balaban J connectivity index is 2.61. The molecule has 1 atom stereocenters. The molecule has 1 aromatic heterocycles. The fourth-order valence-electron chi connectivity index (χ4n) is 3.56. The van der Waals surface area contributed by atoms with Crippen LogP contribution in [-0.2, 0) is 31.9 Å². The highest BCUT2D eigenvalue weighted by atomic mass is 32.1. The Bertz CT molecular complexity index is 840. The first-order valence-electron chi connectivity index (χ1n) is 10.7. The van der Waals surface area contributed by atoms with Gasteiger partial charge in [0.05, 0.1) is 19.3 Å². The smallest absolute Gasteiger partial charge is 0.441 e. The summed E-state index contributed by atoms with van der Waals surface area (Å²) >= 11 is 0.971. The molecule has 2 N–H and O–H groups in total. The number of hydrogen-bond acceptors (Lipinski definition) is 7. The average Bonchev–Trinajstić information content (AvgIpc) is 2.90. The number of anilines is 1. The standard InChI is InChI=1S/C21H29F3N2O5S/c1-4-6-12-15(27)25-20(21(22,23)24,19(29)31-5-2)26-17-16(18(28)30-3)13-10-8-7-9-11-14(13)32-17/h26H,4-12H2,1-3H3,(H,25,27). The quantitative estimate of drug-likeness (QED) is 0.312. The number of nitrogens with one attached hydrogen (secondary N) is 2. The monoisotopic (exact) mass is 478 g/mol. The van der Waals surface area contributed by atoms with Gasteiger partial charge < -0.3 is 20.1 Å². The van der Waals surface area contributed by atoms with Crippen LogP contribution in [0.4, 0.5) is 18.2 Å². The van der Waals surface area contributed by atoms with Crippen molar-refractivity contribution in [3.8, 4) is 0 Å². The Kier molecular flexibility index (Phi) is 8.94. The van der Waals surface area contributed by atoms with E-state index in [1.165, 1.54) is 6.92 Å². The molecule has 1 aliphatic rings. The normalized spacial score (nSPS) is 15.7. The van der Waals surface area contributed by atoms with E-state index < -0.39 is 29.7 Å². The number of methoxy groups -OCH3 is 1. The average molecular weight is 479 g/mol. The summed E-state index contributed by atoms with van der Waals surface area (Å²) in [6.45, 7) is 2.83. The molecule has 0 fully saturated rings. The molecule has 1 heterocycles. The lowest BCUT2D eigenvalue weighted by Crippen LogP contribution is -2.69. The summed E-state index contributed by atoms with van der Waals surface area (Å²) in [5, 5.41) is 3.82. The fourth-order valence-corrected chi connectivity index (χ4v) is 4.89. The molecule has 1 aliphatic carbocycles. The van der Waals surface area contributed by atoms with Crippen molar-refractivity contribution in [1.29, 1.82) is 0 Å². The largest absolute Gasteiger partial charge is 0.465 e. The van der Waals surface area contributed by atoms with Crippen molar-refractivity contribution in [1.82, 2.24) is 5.32 Å². The Morgan fingerprint density at radius 2 is 1.78 bits per heavy atom. The zero-order valence-electron chi connectivity index (χ0n) is 18.4. The van der Waals surface area contributed by atoms with E-state index in [0.29, 0.717) is 31.2 Å². The summed E-state index contributed by atoms with van der Waals surface area (Å²) in [5.74, 6) is -3.46. The minimum absolute atomic E-state index is 0.0323. The summed E-state index contributed by atoms with van der Waals surface area (Å²) in [5.41, 5.74) is -2.95. The molecule has 11 heteroatoms. The van der Waals surface area contributed by atoms with Crippen LogP contribution >= 0.6 is 11.3 Å². The Labute approximate surface area is 189 Å². The lowest BCUT2D eigenvalue weighted by Gasteiger charge is -2.35. The molecule has 1 aromatic rings. The maximum atomic E-state index is 14.4. The second-order valence-electron chi connectivity index (χ2n) is 7.51. The van der Waals surface area contributed by atoms with E-state index in [1.807, 2.05) is 5.32 Å². The van der Waals surface area contributed by atoms with Gasteiger partial charge in [-0.2, -0.15) is 13.2 Å². The van der Waals surface area contributed by atoms with Crippen LogP contribution < -0.4 is 10.6 Å². The molecule has 0 spiro atoms. The molecular weight excluding hydrogens is 449 g/mol. The van der Waals surface area contributed by atoms with Gasteiger partial charge in [0.2, 0.25) is 5.91 Å². The molecule has 32 heavy (non-hydrogen) atoms. The molecule has 0 saturated carbocycles. The van der Waals surface area contributed by atoms with Gasteiger partial charge in [0.15, 0.2) is 0 Å². The SMILES string of the molecule is CCCCC(=O)NC(Nc1sc2c(c1C(=O)OC)CCCCC2)(C(=O)OCC)C(F)(F)F. The molecular formula is C21H29F3N2O5S. The number of rotatable bonds is 9. The van der Waals surface area contributed by atoms with Crippen LogP contribution in [0.2, 0.25) is 0 Å². The number of ether oxygens (including phenoxy) is 2. The lowest BCUT2D eigenvalue weighted by molar-refractivity contribution is -0.207. The van der Waals surface area contributed by atoms with Crippen molar-refractivity contribution >= 4 is 34.2 Å². The summed E-state index contributed by atoms with van der Waals surface area (Å²) in [4.78, 5) is 38.3. The predicted octanol–water partition coefficient (Wildman–Crippen LogP) is 4.34. The van der Waals surface area contributed by atoms with Gasteiger partial charge in [-0.15, -0.1) is 11.3 Å². The van der Waals surface area contributed by atoms with E-state index in [2.05, 4.69) is 5.32 Å². The molecule has 0 saturated heterocycles. The number of carbonyl (C=O) groups excluding carboxylic acids is 3. The van der Waals surface area contributed by atoms with Gasteiger partial charge in [-0.25, -0.2) is 9.59 Å². The third kappa shape index (κ3) is 5.54. The third-order valence-electron chi connectivity index (χ3n) is 5.20. The number of halogens is 3. The van der Waals surface area contributed by atoms with Crippen molar-refractivity contribution < 1.29 is 37.0 Å². The minimum atomic E-state index is -5.25. The molecule has 1 amide bonds. The number of esters is 2. The van der Waals surface area contributed by atoms with Crippen LogP contribution in [0.25, 0.3) is 0 Å². The third-order valence-corrected chi connectivity index (χ3v) is 6.41. The van der Waals surface area contributed by atoms with Crippen molar-refractivity contribution in [3.63, 3.8) is 0 Å². The van der Waals surface area contributed by atoms with Gasteiger partial charge in [0, 0.05) is 11.3 Å². The Morgan fingerprint density at radius 3 is 2.38 bits per heavy atom. The van der Waals surface area contributed by atoms with E-state index in [1.54, 1.807) is 6.92 Å². The molecule has 1 unspecified atom stereocenters. The fraction of sp³-hybridized carbons (Fsp3) is 0.667. The maximum Gasteiger partial charge on any atom is 0.441 e. The van der Waals surface area contributed by atoms with Crippen LogP contribution in [0, 0.1) is 0 Å².